The molecule has 1 aromatic rings. The van der Waals surface area contributed by atoms with Crippen molar-refractivity contribution in [2.75, 3.05) is 29.9 Å². The summed E-state index contributed by atoms with van der Waals surface area (Å²) in [6.07, 6.45) is 4.65. The van der Waals surface area contributed by atoms with E-state index in [1.807, 2.05) is 26.0 Å². The minimum Gasteiger partial charge on any atom is -0.355 e. The molecule has 1 aliphatic heterocycles. The number of carbonyl (C=O) groups is 1. The van der Waals surface area contributed by atoms with Crippen LogP contribution in [0.15, 0.2) is 18.3 Å². The van der Waals surface area contributed by atoms with Gasteiger partial charge >= 0.3 is 0 Å². The van der Waals surface area contributed by atoms with E-state index in [9.17, 15) is 4.79 Å². The number of rotatable bonds is 6. The maximum Gasteiger partial charge on any atom is 0.226 e. The third kappa shape index (κ3) is 3.93. The van der Waals surface area contributed by atoms with Gasteiger partial charge in [0.1, 0.15) is 0 Å². The summed E-state index contributed by atoms with van der Waals surface area (Å²) in [6.45, 7) is 6.98. The molecule has 2 N–H and O–H groups in total. The molecule has 1 unspecified atom stereocenters. The van der Waals surface area contributed by atoms with Crippen LogP contribution < -0.4 is 15.5 Å². The lowest BCUT2D eigenvalue weighted by Crippen LogP contribution is -2.30. The van der Waals surface area contributed by atoms with E-state index in [0.29, 0.717) is 6.42 Å². The Morgan fingerprint density at radius 3 is 2.90 bits per heavy atom. The monoisotopic (exact) mass is 276 g/mol. The molecule has 5 heteroatoms. The van der Waals surface area contributed by atoms with Crippen LogP contribution in [0.1, 0.15) is 33.1 Å². The Bertz CT molecular complexity index is 443. The van der Waals surface area contributed by atoms with Crippen molar-refractivity contribution in [1.29, 1.82) is 0 Å². The van der Waals surface area contributed by atoms with Gasteiger partial charge in [-0.15, -0.1) is 0 Å². The number of nitrogens with zero attached hydrogens (tertiary/aromatic N) is 2. The summed E-state index contributed by atoms with van der Waals surface area (Å²) in [7, 11) is 0. The Balaban J connectivity index is 1.99. The van der Waals surface area contributed by atoms with Crippen LogP contribution >= 0.6 is 0 Å². The van der Waals surface area contributed by atoms with Crippen LogP contribution in [-0.2, 0) is 4.79 Å². The Morgan fingerprint density at radius 1 is 1.45 bits per heavy atom. The van der Waals surface area contributed by atoms with Crippen LogP contribution in [0.5, 0.6) is 0 Å². The summed E-state index contributed by atoms with van der Waals surface area (Å²) >= 11 is 0. The smallest absolute Gasteiger partial charge is 0.226 e. The molecule has 0 aromatic carbocycles. The number of carbonyl (C=O) groups excluding carboxylic acids is 1. The van der Waals surface area contributed by atoms with Crippen molar-refractivity contribution in [2.24, 2.45) is 0 Å². The standard InChI is InChI=1S/C15H24N4O/c1-3-16-12(2)11-14(20)18-13-7-6-8-17-15(13)19-9-4-5-10-19/h6-8,12,16H,3-5,9-11H2,1-2H3,(H,18,20). The number of anilines is 2. The number of aromatic nitrogens is 1. The molecular weight excluding hydrogens is 252 g/mol. The minimum atomic E-state index is 0.0342. The van der Waals surface area contributed by atoms with Gasteiger partial charge in [0.2, 0.25) is 5.91 Å². The van der Waals surface area contributed by atoms with Gasteiger partial charge in [0.15, 0.2) is 5.82 Å². The zero-order valence-corrected chi connectivity index (χ0v) is 12.4. The predicted molar refractivity (Wildman–Crippen MR) is 82.1 cm³/mol. The molecule has 0 aliphatic carbocycles. The Labute approximate surface area is 120 Å². The molecule has 0 spiro atoms. The molecule has 1 saturated heterocycles. The molecule has 2 rings (SSSR count). The summed E-state index contributed by atoms with van der Waals surface area (Å²) < 4.78 is 0. The van der Waals surface area contributed by atoms with Crippen LogP contribution in [0.2, 0.25) is 0 Å². The van der Waals surface area contributed by atoms with Gasteiger partial charge in [0, 0.05) is 31.7 Å². The Kier molecular flexibility index (Phi) is 5.35. The molecule has 20 heavy (non-hydrogen) atoms. The van der Waals surface area contributed by atoms with E-state index in [1.54, 1.807) is 6.20 Å². The van der Waals surface area contributed by atoms with E-state index < -0.39 is 0 Å². The van der Waals surface area contributed by atoms with Crippen LogP contribution in [0.3, 0.4) is 0 Å². The minimum absolute atomic E-state index is 0.0342. The van der Waals surface area contributed by atoms with Crippen molar-refractivity contribution in [2.45, 2.75) is 39.2 Å². The van der Waals surface area contributed by atoms with Crippen molar-refractivity contribution in [1.82, 2.24) is 10.3 Å². The Morgan fingerprint density at radius 2 is 2.20 bits per heavy atom. The Hall–Kier alpha value is -1.62. The largest absolute Gasteiger partial charge is 0.355 e. The average molecular weight is 276 g/mol. The van der Waals surface area contributed by atoms with E-state index in [-0.39, 0.29) is 11.9 Å². The van der Waals surface area contributed by atoms with Crippen LogP contribution in [0.25, 0.3) is 0 Å². The van der Waals surface area contributed by atoms with E-state index in [4.69, 9.17) is 0 Å². The van der Waals surface area contributed by atoms with Gasteiger partial charge in [-0.25, -0.2) is 4.98 Å². The second kappa shape index (κ2) is 7.24. The number of hydrogen-bond acceptors (Lipinski definition) is 4. The molecule has 110 valence electrons. The average Bonchev–Trinajstić information content (AvgIpc) is 2.93. The SMILES string of the molecule is CCNC(C)CC(=O)Nc1cccnc1N1CCCC1. The highest BCUT2D eigenvalue weighted by Crippen LogP contribution is 2.26. The normalized spacial score (nSPS) is 16.2. The van der Waals surface area contributed by atoms with Gasteiger partial charge in [-0.2, -0.15) is 0 Å². The molecule has 1 aliphatic rings. The van der Waals surface area contributed by atoms with Crippen LogP contribution in [-0.4, -0.2) is 36.6 Å². The lowest BCUT2D eigenvalue weighted by molar-refractivity contribution is -0.116. The molecule has 1 aromatic heterocycles. The maximum absolute atomic E-state index is 12.1. The molecule has 1 fully saturated rings. The van der Waals surface area contributed by atoms with Crippen LogP contribution in [0.4, 0.5) is 11.5 Å². The highest BCUT2D eigenvalue weighted by Gasteiger charge is 2.18. The highest BCUT2D eigenvalue weighted by atomic mass is 16.1. The van der Waals surface area contributed by atoms with Crippen molar-refractivity contribution < 1.29 is 4.79 Å². The lowest BCUT2D eigenvalue weighted by Gasteiger charge is -2.20. The van der Waals surface area contributed by atoms with Gasteiger partial charge < -0.3 is 15.5 Å². The first-order chi connectivity index (χ1) is 9.70. The lowest BCUT2D eigenvalue weighted by atomic mass is 10.2. The maximum atomic E-state index is 12.1. The molecular formula is C15H24N4O. The van der Waals surface area contributed by atoms with E-state index in [0.717, 1.165) is 31.1 Å². The molecule has 0 radical (unpaired) electrons. The van der Waals surface area contributed by atoms with E-state index >= 15 is 0 Å². The molecule has 5 nitrogen and oxygen atoms in total. The first-order valence-corrected chi connectivity index (χ1v) is 7.44. The summed E-state index contributed by atoms with van der Waals surface area (Å²) in [5, 5.41) is 6.24. The third-order valence-electron chi connectivity index (χ3n) is 3.51. The zero-order chi connectivity index (χ0) is 14.4. The summed E-state index contributed by atoms with van der Waals surface area (Å²) in [4.78, 5) is 18.7. The first kappa shape index (κ1) is 14.8. The summed E-state index contributed by atoms with van der Waals surface area (Å²) in [6, 6.07) is 3.98. The third-order valence-corrected chi connectivity index (χ3v) is 3.51. The quantitative estimate of drug-likeness (QED) is 0.834. The van der Waals surface area contributed by atoms with Gasteiger partial charge in [0.05, 0.1) is 5.69 Å². The number of hydrogen-bond donors (Lipinski definition) is 2. The van der Waals surface area contributed by atoms with Gasteiger partial charge in [-0.05, 0) is 38.4 Å². The van der Waals surface area contributed by atoms with Crippen molar-refractivity contribution in [3.05, 3.63) is 18.3 Å². The highest BCUT2D eigenvalue weighted by molar-refractivity contribution is 5.93. The van der Waals surface area contributed by atoms with Crippen molar-refractivity contribution >= 4 is 17.4 Å². The fourth-order valence-corrected chi connectivity index (χ4v) is 2.58. The molecule has 2 heterocycles. The molecule has 0 bridgehead atoms. The van der Waals surface area contributed by atoms with Crippen molar-refractivity contribution in [3.63, 3.8) is 0 Å². The van der Waals surface area contributed by atoms with Gasteiger partial charge in [0.25, 0.3) is 0 Å². The second-order valence-corrected chi connectivity index (χ2v) is 5.28. The molecule has 1 amide bonds. The predicted octanol–water partition coefficient (Wildman–Crippen LogP) is 2.01. The van der Waals surface area contributed by atoms with E-state index in [2.05, 4.69) is 20.5 Å². The summed E-state index contributed by atoms with van der Waals surface area (Å²) in [5.74, 6) is 0.932. The molecule has 1 atom stereocenters. The van der Waals surface area contributed by atoms with E-state index in [1.165, 1.54) is 12.8 Å². The topological polar surface area (TPSA) is 57.3 Å². The van der Waals surface area contributed by atoms with Crippen molar-refractivity contribution in [3.8, 4) is 0 Å². The first-order valence-electron chi connectivity index (χ1n) is 7.44. The zero-order valence-electron chi connectivity index (χ0n) is 12.4. The molecule has 0 saturated carbocycles. The number of pyridine rings is 1. The van der Waals surface area contributed by atoms with Gasteiger partial charge in [-0.1, -0.05) is 6.92 Å². The summed E-state index contributed by atoms with van der Waals surface area (Å²) in [5.41, 5.74) is 0.822. The van der Waals surface area contributed by atoms with Gasteiger partial charge in [-0.3, -0.25) is 4.79 Å². The van der Waals surface area contributed by atoms with Crippen LogP contribution in [0, 0.1) is 0 Å². The fraction of sp³-hybridized carbons (Fsp3) is 0.600. The number of nitrogens with one attached hydrogen (secondary N) is 2. The fourth-order valence-electron chi connectivity index (χ4n) is 2.58. The second-order valence-electron chi connectivity index (χ2n) is 5.28. The number of amides is 1.